The van der Waals surface area contributed by atoms with E-state index in [2.05, 4.69) is 5.32 Å². The van der Waals surface area contributed by atoms with Crippen molar-refractivity contribution < 1.29 is 22.4 Å². The van der Waals surface area contributed by atoms with Crippen LogP contribution in [0.4, 0.5) is 18.9 Å². The third-order valence-corrected chi connectivity index (χ3v) is 4.20. The van der Waals surface area contributed by atoms with Crippen LogP contribution in [0.25, 0.3) is 11.3 Å². The average Bonchev–Trinajstić information content (AvgIpc) is 3.03. The van der Waals surface area contributed by atoms with Gasteiger partial charge in [-0.3, -0.25) is 4.79 Å². The van der Waals surface area contributed by atoms with E-state index in [4.69, 9.17) is 16.0 Å². The van der Waals surface area contributed by atoms with Crippen molar-refractivity contribution in [2.75, 3.05) is 5.32 Å². The van der Waals surface area contributed by atoms with Gasteiger partial charge >= 0.3 is 6.18 Å². The zero-order valence-electron chi connectivity index (χ0n) is 14.4. The lowest BCUT2D eigenvalue weighted by Crippen LogP contribution is -2.11. The van der Waals surface area contributed by atoms with Crippen molar-refractivity contribution in [3.63, 3.8) is 0 Å². The van der Waals surface area contributed by atoms with Crippen LogP contribution in [0.15, 0.2) is 52.9 Å². The highest BCUT2D eigenvalue weighted by Gasteiger charge is 2.31. The molecule has 3 nitrogen and oxygen atoms in total. The van der Waals surface area contributed by atoms with E-state index in [0.717, 1.165) is 29.3 Å². The summed E-state index contributed by atoms with van der Waals surface area (Å²) in [5.41, 5.74) is 1.80. The number of aryl methyl sites for hydroxylation is 2. The summed E-state index contributed by atoms with van der Waals surface area (Å²) in [6.45, 7) is 3.81. The Bertz CT molecular complexity index is 988. The Balaban J connectivity index is 1.87. The number of anilines is 1. The number of carbonyl (C=O) groups is 1. The summed E-state index contributed by atoms with van der Waals surface area (Å²) >= 11 is 6.01. The smallest absolute Gasteiger partial charge is 0.416 e. The van der Waals surface area contributed by atoms with Gasteiger partial charge in [0.2, 0.25) is 0 Å². The Morgan fingerprint density at radius 2 is 1.67 bits per heavy atom. The van der Waals surface area contributed by atoms with Crippen LogP contribution in [0, 0.1) is 13.8 Å². The number of halogens is 4. The summed E-state index contributed by atoms with van der Waals surface area (Å²) in [5, 5.41) is 2.81. The number of hydrogen-bond acceptors (Lipinski definition) is 2. The Morgan fingerprint density at radius 3 is 2.30 bits per heavy atom. The van der Waals surface area contributed by atoms with Gasteiger partial charge in [-0.25, -0.2) is 0 Å². The van der Waals surface area contributed by atoms with Gasteiger partial charge in [0.1, 0.15) is 5.76 Å². The number of furan rings is 1. The van der Waals surface area contributed by atoms with Crippen molar-refractivity contribution in [1.29, 1.82) is 0 Å². The van der Waals surface area contributed by atoms with Crippen LogP contribution in [0.2, 0.25) is 5.02 Å². The fraction of sp³-hybridized carbons (Fsp3) is 0.150. The van der Waals surface area contributed by atoms with Gasteiger partial charge in [-0.2, -0.15) is 13.2 Å². The highest BCUT2D eigenvalue weighted by molar-refractivity contribution is 6.33. The number of alkyl halides is 3. The second kappa shape index (κ2) is 7.12. The molecule has 0 saturated carbocycles. The lowest BCUT2D eigenvalue weighted by atomic mass is 10.1. The maximum atomic E-state index is 12.9. The van der Waals surface area contributed by atoms with Crippen LogP contribution in [-0.2, 0) is 6.18 Å². The largest absolute Gasteiger partial charge is 0.451 e. The molecule has 1 heterocycles. The minimum atomic E-state index is -4.50. The van der Waals surface area contributed by atoms with Crippen LogP contribution in [-0.4, -0.2) is 5.91 Å². The third-order valence-electron chi connectivity index (χ3n) is 3.87. The molecule has 1 amide bonds. The van der Waals surface area contributed by atoms with E-state index in [9.17, 15) is 18.0 Å². The minimum absolute atomic E-state index is 0.0300. The highest BCUT2D eigenvalue weighted by atomic mass is 35.5. The highest BCUT2D eigenvalue weighted by Crippen LogP contribution is 2.36. The molecular formula is C20H15ClF3NO2. The molecule has 0 unspecified atom stereocenters. The Hall–Kier alpha value is -2.73. The van der Waals surface area contributed by atoms with Crippen molar-refractivity contribution >= 4 is 23.2 Å². The standard InChI is InChI=1S/C20H15ClF3NO2/c1-11-7-12(2)9-14(8-11)25-19(26)18-6-5-17(27-18)15-10-13(20(22,23)24)3-4-16(15)21/h3-10H,1-2H3,(H,25,26). The molecule has 0 saturated heterocycles. The summed E-state index contributed by atoms with van der Waals surface area (Å²) in [4.78, 5) is 12.4. The van der Waals surface area contributed by atoms with Crippen LogP contribution in [0.3, 0.4) is 0 Å². The van der Waals surface area contributed by atoms with E-state index in [1.807, 2.05) is 19.9 Å². The number of nitrogens with one attached hydrogen (secondary N) is 1. The van der Waals surface area contributed by atoms with Gasteiger partial charge in [0.05, 0.1) is 10.6 Å². The maximum absolute atomic E-state index is 12.9. The molecule has 0 spiro atoms. The maximum Gasteiger partial charge on any atom is 0.416 e. The first-order chi connectivity index (χ1) is 12.6. The quantitative estimate of drug-likeness (QED) is 0.552. The molecule has 0 radical (unpaired) electrons. The number of rotatable bonds is 3. The Labute approximate surface area is 158 Å². The van der Waals surface area contributed by atoms with Crippen molar-refractivity contribution in [2.24, 2.45) is 0 Å². The molecule has 0 aliphatic heterocycles. The monoisotopic (exact) mass is 393 g/mol. The van der Waals surface area contributed by atoms with E-state index >= 15 is 0 Å². The van der Waals surface area contributed by atoms with Crippen LogP contribution in [0.1, 0.15) is 27.2 Å². The van der Waals surface area contributed by atoms with E-state index in [1.165, 1.54) is 12.1 Å². The Kier molecular flexibility index (Phi) is 5.02. The predicted molar refractivity (Wildman–Crippen MR) is 98.0 cm³/mol. The second-order valence-electron chi connectivity index (χ2n) is 6.19. The molecule has 0 fully saturated rings. The fourth-order valence-electron chi connectivity index (χ4n) is 2.73. The first-order valence-electron chi connectivity index (χ1n) is 8.00. The summed E-state index contributed by atoms with van der Waals surface area (Å²) < 4.78 is 44.2. The predicted octanol–water partition coefficient (Wildman–Crippen LogP) is 6.49. The zero-order valence-corrected chi connectivity index (χ0v) is 15.2. The van der Waals surface area contributed by atoms with Gasteiger partial charge in [0.25, 0.3) is 5.91 Å². The molecule has 1 aromatic heterocycles. The summed E-state index contributed by atoms with van der Waals surface area (Å²) in [6, 6.07) is 11.3. The lowest BCUT2D eigenvalue weighted by Gasteiger charge is -2.09. The van der Waals surface area contributed by atoms with Gasteiger partial charge in [-0.15, -0.1) is 0 Å². The topological polar surface area (TPSA) is 42.2 Å². The van der Waals surface area contributed by atoms with Crippen LogP contribution >= 0.6 is 11.6 Å². The summed E-state index contributed by atoms with van der Waals surface area (Å²) in [7, 11) is 0. The van der Waals surface area contributed by atoms with Gasteiger partial charge in [0.15, 0.2) is 5.76 Å². The van der Waals surface area contributed by atoms with E-state index < -0.39 is 17.6 Å². The summed E-state index contributed by atoms with van der Waals surface area (Å²) in [6.07, 6.45) is -4.50. The van der Waals surface area contributed by atoms with Gasteiger partial charge in [-0.1, -0.05) is 17.7 Å². The average molecular weight is 394 g/mol. The molecular weight excluding hydrogens is 379 g/mol. The molecule has 3 rings (SSSR count). The lowest BCUT2D eigenvalue weighted by molar-refractivity contribution is -0.137. The molecule has 7 heteroatoms. The van der Waals surface area contributed by atoms with Gasteiger partial charge in [0, 0.05) is 11.3 Å². The Morgan fingerprint density at radius 1 is 1.00 bits per heavy atom. The molecule has 0 aliphatic rings. The molecule has 2 aromatic carbocycles. The molecule has 0 atom stereocenters. The molecule has 0 bridgehead atoms. The van der Waals surface area contributed by atoms with E-state index in [-0.39, 0.29) is 22.1 Å². The normalized spacial score (nSPS) is 11.5. The summed E-state index contributed by atoms with van der Waals surface area (Å²) in [5.74, 6) is -0.455. The first-order valence-corrected chi connectivity index (χ1v) is 8.38. The minimum Gasteiger partial charge on any atom is -0.451 e. The molecule has 1 N–H and O–H groups in total. The number of benzene rings is 2. The number of carbonyl (C=O) groups excluding carboxylic acids is 1. The zero-order chi connectivity index (χ0) is 19.8. The van der Waals surface area contributed by atoms with E-state index in [1.54, 1.807) is 12.1 Å². The number of hydrogen-bond donors (Lipinski definition) is 1. The van der Waals surface area contributed by atoms with Crippen molar-refractivity contribution in [2.45, 2.75) is 20.0 Å². The molecule has 3 aromatic rings. The van der Waals surface area contributed by atoms with Gasteiger partial charge < -0.3 is 9.73 Å². The molecule has 0 aliphatic carbocycles. The third kappa shape index (κ3) is 4.34. The molecule has 27 heavy (non-hydrogen) atoms. The van der Waals surface area contributed by atoms with Crippen molar-refractivity contribution in [3.8, 4) is 11.3 Å². The van der Waals surface area contributed by atoms with Crippen LogP contribution in [0.5, 0.6) is 0 Å². The van der Waals surface area contributed by atoms with Crippen LogP contribution < -0.4 is 5.32 Å². The van der Waals surface area contributed by atoms with Gasteiger partial charge in [-0.05, 0) is 67.4 Å². The van der Waals surface area contributed by atoms with Crippen molar-refractivity contribution in [3.05, 3.63) is 76.0 Å². The SMILES string of the molecule is Cc1cc(C)cc(NC(=O)c2ccc(-c3cc(C(F)(F)F)ccc3Cl)o2)c1. The number of amides is 1. The fourth-order valence-corrected chi connectivity index (χ4v) is 2.95. The molecule has 140 valence electrons. The van der Waals surface area contributed by atoms with E-state index in [0.29, 0.717) is 5.69 Å². The van der Waals surface area contributed by atoms with Crippen molar-refractivity contribution in [1.82, 2.24) is 0 Å². The first kappa shape index (κ1) is 19.0. The second-order valence-corrected chi connectivity index (χ2v) is 6.59.